The molecule has 0 aliphatic carbocycles. The maximum Gasteiger partial charge on any atom is 0.424 e. The van der Waals surface area contributed by atoms with Gasteiger partial charge in [-0.1, -0.05) is 11.6 Å². The summed E-state index contributed by atoms with van der Waals surface area (Å²) in [6.07, 6.45) is -4.05. The van der Waals surface area contributed by atoms with Crippen molar-refractivity contribution in [1.29, 1.82) is 0 Å². The minimum absolute atomic E-state index is 0.218. The van der Waals surface area contributed by atoms with Crippen LogP contribution in [0.25, 0.3) is 0 Å². The number of carbonyl (C=O) groups excluding carboxylic acids is 1. The van der Waals surface area contributed by atoms with Gasteiger partial charge in [0.05, 0.1) is 23.5 Å². The summed E-state index contributed by atoms with van der Waals surface area (Å²) in [6.45, 7) is -2.11. The van der Waals surface area contributed by atoms with E-state index < -0.39 is 48.2 Å². The van der Waals surface area contributed by atoms with Crippen molar-refractivity contribution in [3.8, 4) is 5.75 Å². The summed E-state index contributed by atoms with van der Waals surface area (Å²) >= 11 is 5.86. The average molecular weight is 514 g/mol. The van der Waals surface area contributed by atoms with Crippen molar-refractivity contribution in [1.82, 2.24) is 9.97 Å². The number of carbonyl (C=O) groups is 1. The van der Waals surface area contributed by atoms with E-state index in [2.05, 4.69) is 25.0 Å². The van der Waals surface area contributed by atoms with Gasteiger partial charge in [-0.05, 0) is 26.0 Å². The van der Waals surface area contributed by atoms with Crippen LogP contribution < -0.4 is 15.8 Å². The summed E-state index contributed by atoms with van der Waals surface area (Å²) in [5.74, 6) is -3.40. The molecule has 0 aromatic carbocycles. The second kappa shape index (κ2) is 10.9. The van der Waals surface area contributed by atoms with E-state index in [0.717, 1.165) is 24.4 Å². The Morgan fingerprint density at radius 3 is 2.56 bits per heavy atom. The molecule has 15 heteroatoms. The van der Waals surface area contributed by atoms with E-state index in [-0.39, 0.29) is 28.9 Å². The molecule has 8 nitrogen and oxygen atoms in total. The van der Waals surface area contributed by atoms with Crippen molar-refractivity contribution in [2.75, 3.05) is 11.9 Å². The first kappa shape index (κ1) is 27.1. The van der Waals surface area contributed by atoms with Crippen LogP contribution in [-0.4, -0.2) is 46.7 Å². The standard InChI is InChI=1S/C19H18ClF6N5O3/c1-3-33-18(2,19(24,25)26)16(27)29-8-12-11(21)4-5-13(30-12)31-15(32)14-10(20)6-9(7-28-14)34-17(22)23/h4-7,17H,3,8H2,1-2H3,(H2,27,29)(H,30,31,32)/t18-/m1/s1. The Labute approximate surface area is 194 Å². The number of amides is 1. The third kappa shape index (κ3) is 6.47. The molecule has 3 N–H and O–H groups in total. The molecule has 0 saturated heterocycles. The predicted molar refractivity (Wildman–Crippen MR) is 109 cm³/mol. The summed E-state index contributed by atoms with van der Waals surface area (Å²) in [4.78, 5) is 23.4. The van der Waals surface area contributed by atoms with Crippen molar-refractivity contribution in [3.63, 3.8) is 0 Å². The lowest BCUT2D eigenvalue weighted by molar-refractivity contribution is -0.240. The minimum Gasteiger partial charge on any atom is -0.433 e. The highest BCUT2D eigenvalue weighted by Crippen LogP contribution is 2.34. The number of nitrogens with two attached hydrogens (primary N) is 1. The van der Waals surface area contributed by atoms with Gasteiger partial charge >= 0.3 is 12.8 Å². The molecule has 2 heterocycles. The van der Waals surface area contributed by atoms with E-state index in [1.54, 1.807) is 0 Å². The maximum atomic E-state index is 14.1. The van der Waals surface area contributed by atoms with E-state index in [0.29, 0.717) is 6.92 Å². The number of hydrogen-bond acceptors (Lipinski definition) is 6. The van der Waals surface area contributed by atoms with E-state index in [1.807, 2.05) is 0 Å². The Hall–Kier alpha value is -3.13. The summed E-state index contributed by atoms with van der Waals surface area (Å²) in [6, 6.07) is 2.89. The smallest absolute Gasteiger partial charge is 0.424 e. The summed E-state index contributed by atoms with van der Waals surface area (Å²) < 4.78 is 87.5. The van der Waals surface area contributed by atoms with Gasteiger partial charge in [0.25, 0.3) is 5.91 Å². The monoisotopic (exact) mass is 513 g/mol. The molecule has 0 unspecified atom stereocenters. The second-order valence-corrected chi connectivity index (χ2v) is 7.03. The molecule has 1 atom stereocenters. The molecule has 0 spiro atoms. The SMILES string of the molecule is CCO[C@](C)(/C(N)=N\Cc1nc(NC(=O)c2ncc(OC(F)F)cc2Cl)ccc1F)C(F)(F)F. The first-order chi connectivity index (χ1) is 15.8. The van der Waals surface area contributed by atoms with Crippen molar-refractivity contribution in [2.24, 2.45) is 10.7 Å². The topological polar surface area (TPSA) is 112 Å². The Kier molecular flexibility index (Phi) is 8.66. The molecular weight excluding hydrogens is 496 g/mol. The fraction of sp³-hybridized carbons (Fsp3) is 0.368. The van der Waals surface area contributed by atoms with Crippen LogP contribution in [-0.2, 0) is 11.3 Å². The van der Waals surface area contributed by atoms with Crippen LogP contribution in [0.15, 0.2) is 29.4 Å². The lowest BCUT2D eigenvalue weighted by atomic mass is 10.1. The van der Waals surface area contributed by atoms with Crippen LogP contribution in [0.5, 0.6) is 5.75 Å². The predicted octanol–water partition coefficient (Wildman–Crippen LogP) is 4.34. The molecule has 2 aromatic heterocycles. The Bertz CT molecular complexity index is 1070. The number of amidine groups is 1. The number of nitrogens with zero attached hydrogens (tertiary/aromatic N) is 3. The summed E-state index contributed by atoms with van der Waals surface area (Å²) in [7, 11) is 0. The van der Waals surface area contributed by atoms with Crippen LogP contribution >= 0.6 is 11.6 Å². The highest BCUT2D eigenvalue weighted by Gasteiger charge is 2.55. The van der Waals surface area contributed by atoms with E-state index in [1.165, 1.54) is 6.92 Å². The van der Waals surface area contributed by atoms with Crippen LogP contribution in [0.4, 0.5) is 32.2 Å². The zero-order valence-corrected chi connectivity index (χ0v) is 18.3. The van der Waals surface area contributed by atoms with Crippen LogP contribution in [0, 0.1) is 5.82 Å². The Morgan fingerprint density at radius 2 is 2.00 bits per heavy atom. The van der Waals surface area contributed by atoms with Gasteiger partial charge < -0.3 is 20.5 Å². The average Bonchev–Trinajstić information content (AvgIpc) is 2.72. The molecule has 0 bridgehead atoms. The largest absolute Gasteiger partial charge is 0.433 e. The van der Waals surface area contributed by atoms with E-state index >= 15 is 0 Å². The molecule has 0 aliphatic rings. The number of ether oxygens (including phenoxy) is 2. The van der Waals surface area contributed by atoms with Crippen LogP contribution in [0.1, 0.15) is 30.0 Å². The molecule has 2 rings (SSSR count). The fourth-order valence-electron chi connectivity index (χ4n) is 2.50. The minimum atomic E-state index is -4.89. The summed E-state index contributed by atoms with van der Waals surface area (Å²) in [5.41, 5.74) is 1.78. The third-order valence-electron chi connectivity index (χ3n) is 4.28. The Balaban J connectivity index is 2.22. The third-order valence-corrected chi connectivity index (χ3v) is 4.57. The van der Waals surface area contributed by atoms with Crippen molar-refractivity contribution in [2.45, 2.75) is 38.8 Å². The zero-order chi connectivity index (χ0) is 25.7. The molecule has 1 amide bonds. The van der Waals surface area contributed by atoms with Gasteiger partial charge in [0.15, 0.2) is 0 Å². The van der Waals surface area contributed by atoms with Crippen LogP contribution in [0.2, 0.25) is 5.02 Å². The molecule has 0 fully saturated rings. The van der Waals surface area contributed by atoms with Crippen molar-refractivity contribution in [3.05, 3.63) is 46.6 Å². The lowest BCUT2D eigenvalue weighted by Crippen LogP contribution is -2.55. The quantitative estimate of drug-likeness (QED) is 0.293. The first-order valence-corrected chi connectivity index (χ1v) is 9.74. The number of alkyl halides is 5. The molecule has 2 aromatic rings. The first-order valence-electron chi connectivity index (χ1n) is 9.36. The van der Waals surface area contributed by atoms with Gasteiger partial charge in [0, 0.05) is 12.7 Å². The number of halogens is 7. The molecular formula is C19H18ClF6N5O3. The Morgan fingerprint density at radius 1 is 1.32 bits per heavy atom. The molecule has 0 saturated carbocycles. The van der Waals surface area contributed by atoms with Gasteiger partial charge in [-0.3, -0.25) is 9.79 Å². The number of aromatic nitrogens is 2. The number of rotatable bonds is 9. The summed E-state index contributed by atoms with van der Waals surface area (Å²) in [5, 5.41) is 1.93. The van der Waals surface area contributed by atoms with Gasteiger partial charge in [-0.15, -0.1) is 0 Å². The highest BCUT2D eigenvalue weighted by atomic mass is 35.5. The van der Waals surface area contributed by atoms with Gasteiger partial charge in [-0.2, -0.15) is 22.0 Å². The molecule has 186 valence electrons. The van der Waals surface area contributed by atoms with Crippen molar-refractivity contribution < 1.29 is 40.6 Å². The molecule has 0 aliphatic heterocycles. The normalized spacial score (nSPS) is 14.1. The van der Waals surface area contributed by atoms with Crippen LogP contribution in [0.3, 0.4) is 0 Å². The maximum absolute atomic E-state index is 14.1. The number of hydrogen-bond donors (Lipinski definition) is 2. The number of nitrogens with one attached hydrogen (secondary N) is 1. The van der Waals surface area contributed by atoms with E-state index in [9.17, 15) is 31.1 Å². The van der Waals surface area contributed by atoms with Gasteiger partial charge in [0.2, 0.25) is 5.60 Å². The number of anilines is 1. The second-order valence-electron chi connectivity index (χ2n) is 6.62. The van der Waals surface area contributed by atoms with Gasteiger partial charge in [-0.25, -0.2) is 14.4 Å². The number of aliphatic imine (C=N–C) groups is 1. The number of pyridine rings is 2. The van der Waals surface area contributed by atoms with Gasteiger partial charge in [0.1, 0.15) is 28.9 Å². The molecule has 34 heavy (non-hydrogen) atoms. The highest BCUT2D eigenvalue weighted by molar-refractivity contribution is 6.34. The fourth-order valence-corrected chi connectivity index (χ4v) is 2.74. The van der Waals surface area contributed by atoms with E-state index in [4.69, 9.17) is 22.1 Å². The van der Waals surface area contributed by atoms with Crippen molar-refractivity contribution >= 4 is 29.2 Å². The molecule has 0 radical (unpaired) electrons. The zero-order valence-electron chi connectivity index (χ0n) is 17.6. The lowest BCUT2D eigenvalue weighted by Gasteiger charge is -2.31.